The molecule has 0 amide bonds. The first-order valence-electron chi connectivity index (χ1n) is 6.97. The van der Waals surface area contributed by atoms with Gasteiger partial charge in [-0.05, 0) is 38.5 Å². The molecule has 0 unspecified atom stereocenters. The smallest absolute Gasteiger partial charge is 0.223 e. The molecule has 0 spiro atoms. The van der Waals surface area contributed by atoms with Crippen molar-refractivity contribution >= 4 is 5.95 Å². The highest BCUT2D eigenvalue weighted by Crippen LogP contribution is 2.16. The lowest BCUT2D eigenvalue weighted by molar-refractivity contribution is 0.117. The monoisotopic (exact) mass is 287 g/mol. The van der Waals surface area contributed by atoms with Crippen LogP contribution >= 0.6 is 0 Å². The second kappa shape index (κ2) is 7.04. The number of para-hydroxylation sites is 1. The molecule has 0 aliphatic heterocycles. The largest absolute Gasteiger partial charge is 0.491 e. The van der Waals surface area contributed by atoms with E-state index in [1.54, 1.807) is 0 Å². The Hall–Kier alpha value is -2.14. The molecule has 1 aromatic heterocycles. The molecule has 0 aliphatic carbocycles. The molecule has 2 aromatic rings. The number of aryl methyl sites for hydroxylation is 3. The van der Waals surface area contributed by atoms with Gasteiger partial charge < -0.3 is 15.2 Å². The fraction of sp³-hybridized carbons (Fsp3) is 0.375. The molecule has 2 N–H and O–H groups in total. The van der Waals surface area contributed by atoms with Crippen LogP contribution in [0, 0.1) is 20.8 Å². The van der Waals surface area contributed by atoms with Crippen molar-refractivity contribution in [2.75, 3.05) is 18.5 Å². The second-order valence-electron chi connectivity index (χ2n) is 5.09. The number of benzene rings is 1. The van der Waals surface area contributed by atoms with E-state index < -0.39 is 6.10 Å². The van der Waals surface area contributed by atoms with Crippen LogP contribution in [-0.4, -0.2) is 34.3 Å². The molecule has 0 bridgehead atoms. The Kier molecular flexibility index (Phi) is 5.11. The first-order valence-corrected chi connectivity index (χ1v) is 6.97. The Morgan fingerprint density at radius 2 is 1.81 bits per heavy atom. The Balaban J connectivity index is 1.82. The number of rotatable bonds is 6. The van der Waals surface area contributed by atoms with Gasteiger partial charge in [-0.3, -0.25) is 0 Å². The minimum atomic E-state index is -0.631. The summed E-state index contributed by atoms with van der Waals surface area (Å²) in [4.78, 5) is 8.53. The Bertz CT molecular complexity index is 582. The summed E-state index contributed by atoms with van der Waals surface area (Å²) >= 11 is 0. The van der Waals surface area contributed by atoms with E-state index in [0.717, 1.165) is 22.7 Å². The third-order valence-electron chi connectivity index (χ3n) is 3.00. The molecule has 1 heterocycles. The molecular weight excluding hydrogens is 266 g/mol. The molecule has 1 atom stereocenters. The first-order chi connectivity index (χ1) is 10.0. The van der Waals surface area contributed by atoms with Crippen molar-refractivity contribution in [2.24, 2.45) is 0 Å². The van der Waals surface area contributed by atoms with Crippen LogP contribution < -0.4 is 10.1 Å². The molecule has 0 saturated carbocycles. The summed E-state index contributed by atoms with van der Waals surface area (Å²) in [5.41, 5.74) is 2.85. The Labute approximate surface area is 125 Å². The summed E-state index contributed by atoms with van der Waals surface area (Å²) in [6.45, 7) is 6.37. The van der Waals surface area contributed by atoms with Gasteiger partial charge >= 0.3 is 0 Å². The highest BCUT2D eigenvalue weighted by Gasteiger charge is 2.08. The van der Waals surface area contributed by atoms with Crippen molar-refractivity contribution in [1.29, 1.82) is 0 Å². The summed E-state index contributed by atoms with van der Waals surface area (Å²) in [5, 5.41) is 13.0. The maximum Gasteiger partial charge on any atom is 0.223 e. The van der Waals surface area contributed by atoms with Gasteiger partial charge in [0.25, 0.3) is 0 Å². The summed E-state index contributed by atoms with van der Waals surface area (Å²) in [7, 11) is 0. The third-order valence-corrected chi connectivity index (χ3v) is 3.00. The van der Waals surface area contributed by atoms with Crippen molar-refractivity contribution in [3.8, 4) is 5.75 Å². The molecule has 112 valence electrons. The summed E-state index contributed by atoms with van der Waals surface area (Å²) in [6.07, 6.45) is -0.631. The predicted molar refractivity (Wildman–Crippen MR) is 82.7 cm³/mol. The van der Waals surface area contributed by atoms with Crippen molar-refractivity contribution < 1.29 is 9.84 Å². The van der Waals surface area contributed by atoms with Crippen LogP contribution in [0.4, 0.5) is 5.95 Å². The van der Waals surface area contributed by atoms with Gasteiger partial charge in [-0.2, -0.15) is 0 Å². The number of nitrogens with one attached hydrogen (secondary N) is 1. The lowest BCUT2D eigenvalue weighted by Gasteiger charge is -2.14. The maximum atomic E-state index is 9.96. The zero-order chi connectivity index (χ0) is 15.2. The molecule has 21 heavy (non-hydrogen) atoms. The summed E-state index contributed by atoms with van der Waals surface area (Å²) < 4.78 is 5.60. The van der Waals surface area contributed by atoms with Gasteiger partial charge in [0, 0.05) is 17.9 Å². The van der Waals surface area contributed by atoms with Crippen LogP contribution in [0.3, 0.4) is 0 Å². The SMILES string of the molecule is Cc1cc(C)nc(NC[C@H](O)COc2ccccc2C)n1. The Morgan fingerprint density at radius 3 is 2.48 bits per heavy atom. The van der Waals surface area contributed by atoms with Gasteiger partial charge in [0.2, 0.25) is 5.95 Å². The van der Waals surface area contributed by atoms with Gasteiger partial charge in [0.05, 0.1) is 0 Å². The minimum Gasteiger partial charge on any atom is -0.491 e. The van der Waals surface area contributed by atoms with Crippen molar-refractivity contribution in [1.82, 2.24) is 9.97 Å². The van der Waals surface area contributed by atoms with Crippen molar-refractivity contribution in [3.63, 3.8) is 0 Å². The molecule has 1 aromatic carbocycles. The molecule has 0 saturated heterocycles. The lowest BCUT2D eigenvalue weighted by Crippen LogP contribution is -2.27. The fourth-order valence-electron chi connectivity index (χ4n) is 1.98. The zero-order valence-electron chi connectivity index (χ0n) is 12.6. The number of hydrogen-bond acceptors (Lipinski definition) is 5. The van der Waals surface area contributed by atoms with Crippen molar-refractivity contribution in [2.45, 2.75) is 26.9 Å². The van der Waals surface area contributed by atoms with Gasteiger partial charge in [0.1, 0.15) is 18.5 Å². The predicted octanol–water partition coefficient (Wildman–Crippen LogP) is 2.25. The molecule has 5 heteroatoms. The van der Waals surface area contributed by atoms with E-state index in [9.17, 15) is 5.11 Å². The van der Waals surface area contributed by atoms with Gasteiger partial charge in [-0.1, -0.05) is 18.2 Å². The van der Waals surface area contributed by atoms with E-state index in [1.807, 2.05) is 51.1 Å². The zero-order valence-corrected chi connectivity index (χ0v) is 12.6. The number of aliphatic hydroxyl groups excluding tert-OH is 1. The third kappa shape index (κ3) is 4.72. The number of aliphatic hydroxyl groups is 1. The van der Waals surface area contributed by atoms with Gasteiger partial charge in [-0.25, -0.2) is 9.97 Å². The van der Waals surface area contributed by atoms with E-state index in [1.165, 1.54) is 0 Å². The van der Waals surface area contributed by atoms with Crippen LogP contribution in [-0.2, 0) is 0 Å². The highest BCUT2D eigenvalue weighted by atomic mass is 16.5. The minimum absolute atomic E-state index is 0.225. The second-order valence-corrected chi connectivity index (χ2v) is 5.09. The first kappa shape index (κ1) is 15.3. The average molecular weight is 287 g/mol. The lowest BCUT2D eigenvalue weighted by atomic mass is 10.2. The van der Waals surface area contributed by atoms with Crippen LogP contribution in [0.2, 0.25) is 0 Å². The molecule has 2 rings (SSSR count). The summed E-state index contributed by atoms with van der Waals surface area (Å²) in [6, 6.07) is 9.64. The number of hydrogen-bond donors (Lipinski definition) is 2. The fourth-order valence-corrected chi connectivity index (χ4v) is 1.98. The van der Waals surface area contributed by atoms with Crippen LogP contribution in [0.5, 0.6) is 5.75 Å². The quantitative estimate of drug-likeness (QED) is 0.853. The van der Waals surface area contributed by atoms with E-state index >= 15 is 0 Å². The molecule has 0 aliphatic rings. The molecule has 0 fully saturated rings. The van der Waals surface area contributed by atoms with E-state index in [4.69, 9.17) is 4.74 Å². The van der Waals surface area contributed by atoms with E-state index in [-0.39, 0.29) is 6.61 Å². The van der Waals surface area contributed by atoms with Crippen LogP contribution in [0.15, 0.2) is 30.3 Å². The normalized spacial score (nSPS) is 12.0. The number of anilines is 1. The van der Waals surface area contributed by atoms with Gasteiger partial charge in [0.15, 0.2) is 0 Å². The van der Waals surface area contributed by atoms with E-state index in [0.29, 0.717) is 12.5 Å². The van der Waals surface area contributed by atoms with Crippen LogP contribution in [0.1, 0.15) is 17.0 Å². The molecule has 0 radical (unpaired) electrons. The highest BCUT2D eigenvalue weighted by molar-refractivity contribution is 5.32. The number of nitrogens with zero attached hydrogens (tertiary/aromatic N) is 2. The molecular formula is C16H21N3O2. The standard InChI is InChI=1S/C16H21N3O2/c1-11-6-4-5-7-15(11)21-10-14(20)9-17-16-18-12(2)8-13(3)19-16/h4-8,14,20H,9-10H2,1-3H3,(H,17,18,19)/t14-/m0/s1. The van der Waals surface area contributed by atoms with E-state index in [2.05, 4.69) is 15.3 Å². The van der Waals surface area contributed by atoms with Gasteiger partial charge in [-0.15, -0.1) is 0 Å². The van der Waals surface area contributed by atoms with Crippen molar-refractivity contribution in [3.05, 3.63) is 47.3 Å². The maximum absolute atomic E-state index is 9.96. The topological polar surface area (TPSA) is 67.3 Å². The number of aromatic nitrogens is 2. The Morgan fingerprint density at radius 1 is 1.14 bits per heavy atom. The number of ether oxygens (including phenoxy) is 1. The van der Waals surface area contributed by atoms with Crippen LogP contribution in [0.25, 0.3) is 0 Å². The molecule has 5 nitrogen and oxygen atoms in total. The summed E-state index contributed by atoms with van der Waals surface area (Å²) in [5.74, 6) is 1.32. The average Bonchev–Trinajstić information content (AvgIpc) is 2.43.